The minimum Gasteiger partial charge on any atom is -0.357 e. The highest BCUT2D eigenvalue weighted by atomic mass is 19.4. The van der Waals surface area contributed by atoms with E-state index < -0.39 is 23.9 Å². The van der Waals surface area contributed by atoms with Gasteiger partial charge in [-0.3, -0.25) is 4.84 Å². The number of alkyl halides is 3. The molecule has 0 aromatic heterocycles. The lowest BCUT2D eigenvalue weighted by Gasteiger charge is -2.36. The molecule has 13 heavy (non-hydrogen) atoms. The van der Waals surface area contributed by atoms with E-state index in [1.165, 1.54) is 0 Å². The van der Waals surface area contributed by atoms with Gasteiger partial charge < -0.3 is 5.11 Å². The van der Waals surface area contributed by atoms with Gasteiger partial charge in [-0.25, -0.2) is 0 Å². The first-order valence-corrected chi connectivity index (χ1v) is 4.11. The van der Waals surface area contributed by atoms with Crippen LogP contribution < -0.4 is 5.48 Å². The molecule has 3 nitrogen and oxygen atoms in total. The van der Waals surface area contributed by atoms with Gasteiger partial charge in [0.15, 0.2) is 0 Å². The third-order valence-corrected chi connectivity index (χ3v) is 2.77. The molecule has 1 spiro atoms. The molecule has 2 aliphatic rings. The summed E-state index contributed by atoms with van der Waals surface area (Å²) in [6.45, 7) is 0. The summed E-state index contributed by atoms with van der Waals surface area (Å²) in [6.07, 6.45) is -2.98. The molecule has 2 N–H and O–H groups in total. The van der Waals surface area contributed by atoms with Crippen LogP contribution in [0.5, 0.6) is 0 Å². The molecule has 0 radical (unpaired) electrons. The van der Waals surface area contributed by atoms with Gasteiger partial charge in [0.25, 0.3) is 5.79 Å². The maximum absolute atomic E-state index is 12.2. The Bertz CT molecular complexity index is 226. The van der Waals surface area contributed by atoms with Gasteiger partial charge >= 0.3 is 6.18 Å². The van der Waals surface area contributed by atoms with E-state index in [2.05, 4.69) is 10.3 Å². The average molecular weight is 197 g/mol. The van der Waals surface area contributed by atoms with Gasteiger partial charge in [-0.2, -0.15) is 18.7 Å². The van der Waals surface area contributed by atoms with Gasteiger partial charge in [-0.1, -0.05) is 0 Å². The second-order valence-corrected chi connectivity index (χ2v) is 3.80. The van der Waals surface area contributed by atoms with Crippen LogP contribution in [-0.4, -0.2) is 22.6 Å². The highest BCUT2D eigenvalue weighted by molar-refractivity contribution is 5.03. The fourth-order valence-corrected chi connectivity index (χ4v) is 1.76. The Balaban J connectivity index is 2.12. The van der Waals surface area contributed by atoms with E-state index in [1.807, 2.05) is 0 Å². The quantitative estimate of drug-likeness (QED) is 0.610. The number of rotatable bonds is 0. The van der Waals surface area contributed by atoms with E-state index in [0.717, 1.165) is 6.42 Å². The molecule has 0 unspecified atom stereocenters. The van der Waals surface area contributed by atoms with Crippen LogP contribution >= 0.6 is 0 Å². The SMILES string of the molecule is O[C@@]1(C(F)(F)F)CC2(CCC2)NO1. The lowest BCUT2D eigenvalue weighted by molar-refractivity contribution is -0.361. The molecular formula is C7H10F3NO2. The Morgan fingerprint density at radius 3 is 2.15 bits per heavy atom. The maximum atomic E-state index is 12.2. The molecule has 2 rings (SSSR count). The van der Waals surface area contributed by atoms with Crippen molar-refractivity contribution in [3.05, 3.63) is 0 Å². The molecule has 76 valence electrons. The highest BCUT2D eigenvalue weighted by Gasteiger charge is 2.65. The first kappa shape index (κ1) is 9.23. The van der Waals surface area contributed by atoms with Crippen LogP contribution in [-0.2, 0) is 4.84 Å². The summed E-state index contributed by atoms with van der Waals surface area (Å²) in [7, 11) is 0. The molecule has 1 aliphatic carbocycles. The molecule has 1 aliphatic heterocycles. The molecule has 0 aromatic rings. The van der Waals surface area contributed by atoms with Crippen molar-refractivity contribution >= 4 is 0 Å². The zero-order valence-corrected chi connectivity index (χ0v) is 6.82. The molecule has 0 aromatic carbocycles. The van der Waals surface area contributed by atoms with Crippen molar-refractivity contribution in [3.63, 3.8) is 0 Å². The van der Waals surface area contributed by atoms with Crippen molar-refractivity contribution in [2.75, 3.05) is 0 Å². The Morgan fingerprint density at radius 1 is 1.31 bits per heavy atom. The third-order valence-electron chi connectivity index (χ3n) is 2.77. The Hall–Kier alpha value is -0.330. The molecule has 0 amide bonds. The normalized spacial score (nSPS) is 37.8. The summed E-state index contributed by atoms with van der Waals surface area (Å²) in [5.41, 5.74) is 1.66. The molecule has 1 atom stereocenters. The van der Waals surface area contributed by atoms with Gasteiger partial charge in [-0.15, -0.1) is 0 Å². The van der Waals surface area contributed by atoms with E-state index in [9.17, 15) is 13.2 Å². The number of halogens is 3. The average Bonchev–Trinajstić information content (AvgIpc) is 2.26. The monoisotopic (exact) mass is 197 g/mol. The van der Waals surface area contributed by atoms with E-state index in [0.29, 0.717) is 12.8 Å². The summed E-state index contributed by atoms with van der Waals surface area (Å²) >= 11 is 0. The summed E-state index contributed by atoms with van der Waals surface area (Å²) in [5, 5.41) is 9.12. The second kappa shape index (κ2) is 2.37. The number of aliphatic hydroxyl groups is 1. The predicted molar refractivity (Wildman–Crippen MR) is 36.4 cm³/mol. The fourth-order valence-electron chi connectivity index (χ4n) is 1.76. The molecular weight excluding hydrogens is 187 g/mol. The van der Waals surface area contributed by atoms with Crippen molar-refractivity contribution in [3.8, 4) is 0 Å². The topological polar surface area (TPSA) is 41.5 Å². The van der Waals surface area contributed by atoms with Crippen LogP contribution in [0.25, 0.3) is 0 Å². The van der Waals surface area contributed by atoms with Crippen LogP contribution in [0.1, 0.15) is 25.7 Å². The van der Waals surface area contributed by atoms with Crippen LogP contribution in [0.15, 0.2) is 0 Å². The molecule has 0 bridgehead atoms. The van der Waals surface area contributed by atoms with Gasteiger partial charge in [-0.05, 0) is 19.3 Å². The lowest BCUT2D eigenvalue weighted by atomic mass is 9.74. The van der Waals surface area contributed by atoms with Crippen molar-refractivity contribution < 1.29 is 23.1 Å². The molecule has 1 heterocycles. The second-order valence-electron chi connectivity index (χ2n) is 3.80. The Morgan fingerprint density at radius 2 is 1.92 bits per heavy atom. The van der Waals surface area contributed by atoms with Gasteiger partial charge in [0.1, 0.15) is 0 Å². The standard InChI is InChI=1S/C7H10F3NO2/c8-7(9,10)6(12)4-5(11-13-6)2-1-3-5/h11-12H,1-4H2/t6-/m0/s1. The van der Waals surface area contributed by atoms with Crippen LogP contribution in [0.4, 0.5) is 13.2 Å². The molecule has 1 saturated heterocycles. The number of hydrogen-bond donors (Lipinski definition) is 2. The van der Waals surface area contributed by atoms with E-state index >= 15 is 0 Å². The zero-order valence-electron chi connectivity index (χ0n) is 6.82. The van der Waals surface area contributed by atoms with Crippen molar-refractivity contribution in [2.45, 2.75) is 43.2 Å². The molecule has 6 heteroatoms. The number of hydrogen-bond acceptors (Lipinski definition) is 3. The van der Waals surface area contributed by atoms with E-state index in [1.54, 1.807) is 0 Å². The van der Waals surface area contributed by atoms with Crippen LogP contribution in [0.2, 0.25) is 0 Å². The zero-order chi connectivity index (χ0) is 9.74. The minimum atomic E-state index is -4.72. The van der Waals surface area contributed by atoms with Gasteiger partial charge in [0, 0.05) is 12.0 Å². The molecule has 1 saturated carbocycles. The van der Waals surface area contributed by atoms with Gasteiger partial charge in [0.2, 0.25) is 0 Å². The van der Waals surface area contributed by atoms with Crippen molar-refractivity contribution in [1.29, 1.82) is 0 Å². The first-order valence-electron chi connectivity index (χ1n) is 4.11. The minimum absolute atomic E-state index is 0.399. The number of hydroxylamine groups is 1. The Kier molecular flexibility index (Phi) is 1.68. The fraction of sp³-hybridized carbons (Fsp3) is 1.00. The van der Waals surface area contributed by atoms with Gasteiger partial charge in [0.05, 0.1) is 0 Å². The molecule has 2 fully saturated rings. The van der Waals surface area contributed by atoms with Crippen molar-refractivity contribution in [2.24, 2.45) is 0 Å². The smallest absolute Gasteiger partial charge is 0.357 e. The summed E-state index contributed by atoms with van der Waals surface area (Å²) < 4.78 is 36.7. The predicted octanol–water partition coefficient (Wildman–Crippen LogP) is 1.08. The lowest BCUT2D eigenvalue weighted by Crippen LogP contribution is -2.47. The summed E-state index contributed by atoms with van der Waals surface area (Å²) in [5.74, 6) is -2.99. The Labute approximate surface area is 72.8 Å². The summed E-state index contributed by atoms with van der Waals surface area (Å²) in [4.78, 5) is 4.24. The number of nitrogens with one attached hydrogen (secondary N) is 1. The largest absolute Gasteiger partial charge is 0.444 e. The van der Waals surface area contributed by atoms with Crippen LogP contribution in [0, 0.1) is 0 Å². The van der Waals surface area contributed by atoms with E-state index in [-0.39, 0.29) is 0 Å². The summed E-state index contributed by atoms with van der Waals surface area (Å²) in [6, 6.07) is 0. The third kappa shape index (κ3) is 1.24. The highest BCUT2D eigenvalue weighted by Crippen LogP contribution is 2.48. The maximum Gasteiger partial charge on any atom is 0.444 e. The van der Waals surface area contributed by atoms with Crippen LogP contribution in [0.3, 0.4) is 0 Å². The van der Waals surface area contributed by atoms with Crippen molar-refractivity contribution in [1.82, 2.24) is 5.48 Å². The first-order chi connectivity index (χ1) is 5.87. The van der Waals surface area contributed by atoms with E-state index in [4.69, 9.17) is 5.11 Å².